The molecule has 3 heterocycles. The molecule has 5 rings (SSSR count). The van der Waals surface area contributed by atoms with E-state index in [-0.39, 0.29) is 11.9 Å². The average molecular weight is 529 g/mol. The van der Waals surface area contributed by atoms with Crippen LogP contribution >= 0.6 is 11.3 Å². The van der Waals surface area contributed by atoms with Crippen molar-refractivity contribution in [3.63, 3.8) is 0 Å². The first-order chi connectivity index (χ1) is 17.8. The number of carbonyl (C=O) groups is 1. The number of carbonyl (C=O) groups excluding carboxylic acids is 1. The maximum Gasteiger partial charge on any atom is 0.278 e. The summed E-state index contributed by atoms with van der Waals surface area (Å²) in [4.78, 5) is 25.4. The maximum atomic E-state index is 13.1. The minimum Gasteiger partial charge on any atom is -0.464 e. The van der Waals surface area contributed by atoms with Gasteiger partial charge in [0.05, 0.1) is 11.2 Å². The molecular formula is C28H34F2N4O2S. The van der Waals surface area contributed by atoms with E-state index in [1.165, 1.54) is 11.3 Å². The Balaban J connectivity index is 1.04. The molecule has 0 spiro atoms. The van der Waals surface area contributed by atoms with Crippen LogP contribution in [0.15, 0.2) is 36.5 Å². The molecule has 2 aliphatic rings. The number of nitrogens with one attached hydrogen (secondary N) is 1. The molecule has 1 saturated carbocycles. The highest BCUT2D eigenvalue weighted by atomic mass is 32.1. The SMILES string of the molecule is CC(F)(F)COc1nc2c(s1)CCN(CC[C@H]1CC[C@H](NC(=O)c3cccc4ncccc34)CC1)CC2. The molecule has 0 unspecified atom stereocenters. The molecule has 1 amide bonds. The number of fused-ring (bicyclic) bond motifs is 2. The highest BCUT2D eigenvalue weighted by Crippen LogP contribution is 2.31. The van der Waals surface area contributed by atoms with Gasteiger partial charge in [-0.3, -0.25) is 9.78 Å². The molecule has 198 valence electrons. The van der Waals surface area contributed by atoms with Crippen LogP contribution in [0.5, 0.6) is 5.19 Å². The summed E-state index contributed by atoms with van der Waals surface area (Å²) in [5.41, 5.74) is 2.53. The number of pyridine rings is 1. The van der Waals surface area contributed by atoms with Crippen LogP contribution in [0.1, 0.15) is 60.0 Å². The van der Waals surface area contributed by atoms with Crippen LogP contribution in [0.3, 0.4) is 0 Å². The molecule has 2 aromatic heterocycles. The van der Waals surface area contributed by atoms with Crippen LogP contribution in [0, 0.1) is 5.92 Å². The smallest absolute Gasteiger partial charge is 0.278 e. The molecule has 1 aliphatic heterocycles. The second kappa shape index (κ2) is 11.4. The lowest BCUT2D eigenvalue weighted by Gasteiger charge is -2.31. The molecule has 3 aromatic rings. The van der Waals surface area contributed by atoms with E-state index in [0.717, 1.165) is 93.0 Å². The molecule has 6 nitrogen and oxygen atoms in total. The Morgan fingerprint density at radius 1 is 1.16 bits per heavy atom. The predicted octanol–water partition coefficient (Wildman–Crippen LogP) is 5.50. The summed E-state index contributed by atoms with van der Waals surface area (Å²) in [5, 5.41) is 4.51. The van der Waals surface area contributed by atoms with E-state index in [9.17, 15) is 13.6 Å². The van der Waals surface area contributed by atoms with E-state index in [4.69, 9.17) is 4.74 Å². The zero-order chi connectivity index (χ0) is 25.8. The number of hydrogen-bond acceptors (Lipinski definition) is 6. The zero-order valence-electron chi connectivity index (χ0n) is 21.2. The summed E-state index contributed by atoms with van der Waals surface area (Å²) in [5.74, 6) is -2.18. The second-order valence-corrected chi connectivity index (χ2v) is 11.5. The van der Waals surface area contributed by atoms with Crippen molar-refractivity contribution in [3.05, 3.63) is 52.7 Å². The molecule has 0 saturated heterocycles. The molecule has 1 aromatic carbocycles. The van der Waals surface area contributed by atoms with Crippen molar-refractivity contribution in [2.45, 2.75) is 63.8 Å². The molecule has 1 aliphatic carbocycles. The minimum absolute atomic E-state index is 0.00958. The standard InChI is InChI=1S/C28H34F2N4O2S/c1-28(29,30)18-36-27-33-24-12-16-34(17-13-25(24)37-27)15-11-19-7-9-20(10-8-19)32-26(35)22-4-2-6-23-21(22)5-3-14-31-23/h2-6,14,19-20H,7-13,15-18H2,1H3,(H,32,35)/t19-,20-. The third-order valence-corrected chi connectivity index (χ3v) is 8.52. The fourth-order valence-corrected chi connectivity index (χ4v) is 6.33. The number of rotatable bonds is 8. The summed E-state index contributed by atoms with van der Waals surface area (Å²) in [7, 11) is 0. The number of nitrogens with zero attached hydrogens (tertiary/aromatic N) is 3. The van der Waals surface area contributed by atoms with Gasteiger partial charge in [-0.15, -0.1) is 0 Å². The number of aromatic nitrogens is 2. The molecule has 1 fully saturated rings. The Morgan fingerprint density at radius 2 is 1.97 bits per heavy atom. The topological polar surface area (TPSA) is 67.3 Å². The van der Waals surface area contributed by atoms with Crippen molar-refractivity contribution in [3.8, 4) is 5.19 Å². The number of alkyl halides is 2. The van der Waals surface area contributed by atoms with Crippen molar-refractivity contribution < 1.29 is 18.3 Å². The number of amides is 1. The van der Waals surface area contributed by atoms with Crippen molar-refractivity contribution in [2.24, 2.45) is 5.92 Å². The number of halogens is 2. The van der Waals surface area contributed by atoms with Gasteiger partial charge >= 0.3 is 0 Å². The van der Waals surface area contributed by atoms with Gasteiger partial charge in [0.25, 0.3) is 17.0 Å². The van der Waals surface area contributed by atoms with Crippen molar-refractivity contribution in [1.29, 1.82) is 0 Å². The summed E-state index contributed by atoms with van der Waals surface area (Å²) in [6, 6.07) is 9.73. The van der Waals surface area contributed by atoms with Crippen LogP contribution in [0.2, 0.25) is 0 Å². The molecule has 1 N–H and O–H groups in total. The zero-order valence-corrected chi connectivity index (χ0v) is 22.0. The predicted molar refractivity (Wildman–Crippen MR) is 142 cm³/mol. The maximum absolute atomic E-state index is 13.1. The summed E-state index contributed by atoms with van der Waals surface area (Å²) in [6.45, 7) is 3.19. The van der Waals surface area contributed by atoms with Crippen LogP contribution in [0.25, 0.3) is 10.9 Å². The van der Waals surface area contributed by atoms with Crippen LogP contribution < -0.4 is 10.1 Å². The first-order valence-electron chi connectivity index (χ1n) is 13.2. The normalized spacial score (nSPS) is 20.8. The third kappa shape index (κ3) is 6.82. The largest absolute Gasteiger partial charge is 0.464 e. The lowest BCUT2D eigenvalue weighted by molar-refractivity contribution is -0.0230. The van der Waals surface area contributed by atoms with E-state index >= 15 is 0 Å². The van der Waals surface area contributed by atoms with Crippen LogP contribution in [-0.2, 0) is 12.8 Å². The summed E-state index contributed by atoms with van der Waals surface area (Å²) in [6.07, 6.45) is 8.93. The Bertz CT molecular complexity index is 1190. The van der Waals surface area contributed by atoms with Gasteiger partial charge in [0.15, 0.2) is 6.61 Å². The molecular weight excluding hydrogens is 494 g/mol. The lowest BCUT2D eigenvalue weighted by atomic mass is 9.84. The van der Waals surface area contributed by atoms with Crippen molar-refractivity contribution >= 4 is 28.1 Å². The van der Waals surface area contributed by atoms with Crippen LogP contribution in [-0.4, -0.2) is 59.0 Å². The first-order valence-corrected chi connectivity index (χ1v) is 14.0. The summed E-state index contributed by atoms with van der Waals surface area (Å²) >= 11 is 1.41. The minimum atomic E-state index is -2.85. The molecule has 0 radical (unpaired) electrons. The second-order valence-electron chi connectivity index (χ2n) is 10.4. The van der Waals surface area contributed by atoms with Gasteiger partial charge in [0.2, 0.25) is 0 Å². The van der Waals surface area contributed by atoms with E-state index in [2.05, 4.69) is 20.2 Å². The van der Waals surface area contributed by atoms with Crippen LogP contribution in [0.4, 0.5) is 8.78 Å². The fraction of sp³-hybridized carbons (Fsp3) is 0.536. The Kier molecular flexibility index (Phi) is 8.00. The monoisotopic (exact) mass is 528 g/mol. The van der Waals surface area contributed by atoms with E-state index in [0.29, 0.717) is 16.7 Å². The Labute approximate surface area is 220 Å². The number of benzene rings is 1. The highest BCUT2D eigenvalue weighted by Gasteiger charge is 2.26. The number of thiazole rings is 1. The number of hydrogen-bond donors (Lipinski definition) is 1. The number of ether oxygens (including phenoxy) is 1. The third-order valence-electron chi connectivity index (χ3n) is 7.45. The average Bonchev–Trinajstić information content (AvgIpc) is 3.19. The molecule has 0 bridgehead atoms. The highest BCUT2D eigenvalue weighted by molar-refractivity contribution is 7.13. The van der Waals surface area contributed by atoms with Crippen molar-refractivity contribution in [2.75, 3.05) is 26.2 Å². The Morgan fingerprint density at radius 3 is 2.78 bits per heavy atom. The van der Waals surface area contributed by atoms with Gasteiger partial charge in [-0.1, -0.05) is 23.5 Å². The van der Waals surface area contributed by atoms with Gasteiger partial charge in [0, 0.05) is 54.5 Å². The fourth-order valence-electron chi connectivity index (χ4n) is 5.38. The molecule has 9 heteroatoms. The van der Waals surface area contributed by atoms with E-state index < -0.39 is 12.5 Å². The van der Waals surface area contributed by atoms with Crippen molar-refractivity contribution in [1.82, 2.24) is 20.2 Å². The van der Waals surface area contributed by atoms with Gasteiger partial charge in [-0.25, -0.2) is 13.8 Å². The van der Waals surface area contributed by atoms with E-state index in [1.54, 1.807) is 6.20 Å². The summed E-state index contributed by atoms with van der Waals surface area (Å²) < 4.78 is 31.3. The first kappa shape index (κ1) is 26.0. The van der Waals surface area contributed by atoms with Gasteiger partial charge in [-0.2, -0.15) is 0 Å². The lowest BCUT2D eigenvalue weighted by Crippen LogP contribution is -2.38. The van der Waals surface area contributed by atoms with E-state index in [1.807, 2.05) is 30.3 Å². The van der Waals surface area contributed by atoms with Gasteiger partial charge in [-0.05, 0) is 69.2 Å². The van der Waals surface area contributed by atoms with Gasteiger partial charge < -0.3 is 15.0 Å². The Hall–Kier alpha value is -2.65. The molecule has 0 atom stereocenters. The molecule has 37 heavy (non-hydrogen) atoms. The van der Waals surface area contributed by atoms with Gasteiger partial charge in [0.1, 0.15) is 0 Å². The quantitative estimate of drug-likeness (QED) is 0.418.